The van der Waals surface area contributed by atoms with Crippen LogP contribution in [-0.2, 0) is 0 Å². The average Bonchev–Trinajstić information content (AvgIpc) is 2.74. The second-order valence-electron chi connectivity index (χ2n) is 6.43. The Bertz CT molecular complexity index is 422. The summed E-state index contributed by atoms with van der Waals surface area (Å²) >= 11 is 5.66. The molecule has 1 fully saturated rings. The summed E-state index contributed by atoms with van der Waals surface area (Å²) in [6.45, 7) is 3.34. The summed E-state index contributed by atoms with van der Waals surface area (Å²) in [5, 5.41) is 6.08. The minimum Gasteiger partial charge on any atom is -0.308 e. The van der Waals surface area contributed by atoms with Gasteiger partial charge in [0.1, 0.15) is 0 Å². The number of nitrogens with zero attached hydrogens (tertiary/aromatic N) is 1. The van der Waals surface area contributed by atoms with Crippen molar-refractivity contribution in [3.63, 3.8) is 0 Å². The highest BCUT2D eigenvalue weighted by molar-refractivity contribution is 9.10. The number of rotatable bonds is 6. The van der Waals surface area contributed by atoms with Crippen molar-refractivity contribution in [2.75, 3.05) is 20.6 Å². The minimum atomic E-state index is 0.249. The maximum absolute atomic E-state index is 3.87. The van der Waals surface area contributed by atoms with Crippen molar-refractivity contribution in [2.24, 2.45) is 0 Å². The van der Waals surface area contributed by atoms with Crippen LogP contribution in [-0.4, -0.2) is 31.1 Å². The lowest BCUT2D eigenvalue weighted by molar-refractivity contribution is 0.0812. The van der Waals surface area contributed by atoms with Crippen LogP contribution >= 0.6 is 27.3 Å². The van der Waals surface area contributed by atoms with Crippen LogP contribution in [0.25, 0.3) is 0 Å². The Morgan fingerprint density at radius 2 is 1.95 bits per heavy atom. The molecule has 2 nitrogen and oxygen atoms in total. The van der Waals surface area contributed by atoms with Crippen molar-refractivity contribution in [3.8, 4) is 0 Å². The van der Waals surface area contributed by atoms with Crippen LogP contribution in [0.4, 0.5) is 0 Å². The van der Waals surface area contributed by atoms with E-state index in [9.17, 15) is 0 Å². The predicted molar refractivity (Wildman–Crippen MR) is 97.2 cm³/mol. The van der Waals surface area contributed by atoms with Crippen LogP contribution in [0.3, 0.4) is 0 Å². The van der Waals surface area contributed by atoms with Crippen LogP contribution in [0.15, 0.2) is 15.9 Å². The molecule has 1 aromatic heterocycles. The van der Waals surface area contributed by atoms with E-state index < -0.39 is 0 Å². The van der Waals surface area contributed by atoms with Crippen molar-refractivity contribution in [1.82, 2.24) is 10.2 Å². The number of thiophene rings is 1. The summed E-state index contributed by atoms with van der Waals surface area (Å²) in [7, 11) is 4.54. The highest BCUT2D eigenvalue weighted by atomic mass is 79.9. The monoisotopic (exact) mass is 372 g/mol. The average molecular weight is 373 g/mol. The minimum absolute atomic E-state index is 0.249. The number of hydrogen-bond donors (Lipinski definition) is 1. The molecule has 1 heterocycles. The molecular formula is C17H29BrN2S. The third kappa shape index (κ3) is 3.90. The quantitative estimate of drug-likeness (QED) is 0.689. The first-order chi connectivity index (χ1) is 10.1. The van der Waals surface area contributed by atoms with E-state index in [4.69, 9.17) is 0 Å². The van der Waals surface area contributed by atoms with E-state index in [0.29, 0.717) is 6.04 Å². The Labute approximate surface area is 142 Å². The molecule has 4 heteroatoms. The number of halogens is 1. The van der Waals surface area contributed by atoms with Crippen molar-refractivity contribution >= 4 is 27.3 Å². The van der Waals surface area contributed by atoms with Gasteiger partial charge in [-0.2, -0.15) is 0 Å². The van der Waals surface area contributed by atoms with E-state index >= 15 is 0 Å². The van der Waals surface area contributed by atoms with Crippen LogP contribution < -0.4 is 5.32 Å². The fraction of sp³-hybridized carbons (Fsp3) is 0.765. The molecule has 1 unspecified atom stereocenters. The molecule has 0 bridgehead atoms. The third-order valence-corrected chi connectivity index (χ3v) is 6.84. The number of likely N-dealkylation sites (N-methyl/N-ethyl adjacent to an activating group) is 1. The summed E-state index contributed by atoms with van der Waals surface area (Å²) in [6.07, 6.45) is 9.26. The van der Waals surface area contributed by atoms with Gasteiger partial charge in [-0.3, -0.25) is 0 Å². The largest absolute Gasteiger partial charge is 0.308 e. The van der Waals surface area contributed by atoms with Crippen molar-refractivity contribution in [2.45, 2.75) is 63.5 Å². The summed E-state index contributed by atoms with van der Waals surface area (Å²) in [5.74, 6) is 0. The predicted octanol–water partition coefficient (Wildman–Crippen LogP) is 5.21. The van der Waals surface area contributed by atoms with Gasteiger partial charge in [0.15, 0.2) is 0 Å². The third-order valence-electron chi connectivity index (χ3n) is 4.90. The van der Waals surface area contributed by atoms with Gasteiger partial charge in [0.05, 0.1) is 6.04 Å². The van der Waals surface area contributed by atoms with E-state index in [0.717, 1.165) is 6.54 Å². The Morgan fingerprint density at radius 3 is 2.43 bits per heavy atom. The van der Waals surface area contributed by atoms with Gasteiger partial charge in [-0.25, -0.2) is 0 Å². The zero-order valence-corrected chi connectivity index (χ0v) is 16.0. The molecule has 21 heavy (non-hydrogen) atoms. The van der Waals surface area contributed by atoms with E-state index in [-0.39, 0.29) is 5.54 Å². The lowest BCUT2D eigenvalue weighted by Gasteiger charge is -2.46. The Kier molecular flexibility index (Phi) is 6.73. The Hall–Kier alpha value is 0.1000. The molecule has 120 valence electrons. The molecule has 0 amide bonds. The summed E-state index contributed by atoms with van der Waals surface area (Å²) in [5.41, 5.74) is 0.249. The van der Waals surface area contributed by atoms with Gasteiger partial charge in [-0.05, 0) is 67.3 Å². The van der Waals surface area contributed by atoms with Crippen molar-refractivity contribution in [1.29, 1.82) is 0 Å². The molecule has 0 saturated heterocycles. The van der Waals surface area contributed by atoms with Crippen LogP contribution in [0.1, 0.15) is 62.8 Å². The fourth-order valence-electron chi connectivity index (χ4n) is 3.66. The Morgan fingerprint density at radius 1 is 1.29 bits per heavy atom. The molecule has 0 aromatic carbocycles. The van der Waals surface area contributed by atoms with E-state index in [1.54, 1.807) is 0 Å². The highest BCUT2D eigenvalue weighted by Crippen LogP contribution is 2.44. The molecule has 0 aliphatic heterocycles. The lowest BCUT2D eigenvalue weighted by atomic mass is 9.80. The normalized spacial score (nSPS) is 20.4. The summed E-state index contributed by atoms with van der Waals surface area (Å²) < 4.78 is 1.27. The molecule has 1 aromatic rings. The molecular weight excluding hydrogens is 344 g/mol. The van der Waals surface area contributed by atoms with E-state index in [1.165, 1.54) is 54.3 Å². The van der Waals surface area contributed by atoms with E-state index in [2.05, 4.69) is 58.6 Å². The molecule has 1 saturated carbocycles. The molecule has 1 aliphatic rings. The SMILES string of the molecule is CCCNC(c1sccc1Br)C1(N(C)C)CCCCCC1. The fourth-order valence-corrected chi connectivity index (χ4v) is 5.45. The highest BCUT2D eigenvalue weighted by Gasteiger charge is 2.42. The second-order valence-corrected chi connectivity index (χ2v) is 8.23. The maximum Gasteiger partial charge on any atom is 0.0613 e. The number of nitrogens with one attached hydrogen (secondary N) is 1. The second kappa shape index (κ2) is 8.09. The van der Waals surface area contributed by atoms with Gasteiger partial charge in [-0.1, -0.05) is 32.6 Å². The summed E-state index contributed by atoms with van der Waals surface area (Å²) in [6, 6.07) is 2.63. The van der Waals surface area contributed by atoms with Gasteiger partial charge in [0.25, 0.3) is 0 Å². The molecule has 0 radical (unpaired) electrons. The molecule has 0 spiro atoms. The van der Waals surface area contributed by atoms with Gasteiger partial charge in [0.2, 0.25) is 0 Å². The first-order valence-corrected chi connectivity index (χ1v) is 9.93. The lowest BCUT2D eigenvalue weighted by Crippen LogP contribution is -2.53. The smallest absolute Gasteiger partial charge is 0.0613 e. The first-order valence-electron chi connectivity index (χ1n) is 8.25. The standard InChI is InChI=1S/C17H29BrN2S/c1-4-12-19-16(15-14(18)9-13-21-15)17(20(2)3)10-7-5-6-8-11-17/h9,13,16,19H,4-8,10-12H2,1-3H3. The van der Waals surface area contributed by atoms with E-state index in [1.807, 2.05) is 11.3 Å². The molecule has 2 rings (SSSR count). The zero-order valence-electron chi connectivity index (χ0n) is 13.6. The van der Waals surface area contributed by atoms with Crippen molar-refractivity contribution < 1.29 is 0 Å². The summed E-state index contributed by atoms with van der Waals surface area (Å²) in [4.78, 5) is 3.97. The van der Waals surface area contributed by atoms with Gasteiger partial charge < -0.3 is 10.2 Å². The van der Waals surface area contributed by atoms with Crippen LogP contribution in [0.5, 0.6) is 0 Å². The van der Waals surface area contributed by atoms with Gasteiger partial charge in [0, 0.05) is 14.9 Å². The first kappa shape index (κ1) is 17.5. The van der Waals surface area contributed by atoms with Crippen LogP contribution in [0, 0.1) is 0 Å². The zero-order chi connectivity index (χ0) is 15.3. The van der Waals surface area contributed by atoms with Crippen LogP contribution in [0.2, 0.25) is 0 Å². The molecule has 1 aliphatic carbocycles. The molecule has 1 atom stereocenters. The number of hydrogen-bond acceptors (Lipinski definition) is 3. The van der Waals surface area contributed by atoms with Gasteiger partial charge >= 0.3 is 0 Å². The van der Waals surface area contributed by atoms with Crippen molar-refractivity contribution in [3.05, 3.63) is 20.8 Å². The maximum atomic E-state index is 3.87. The topological polar surface area (TPSA) is 15.3 Å². The Balaban J connectivity index is 2.37. The van der Waals surface area contributed by atoms with Gasteiger partial charge in [-0.15, -0.1) is 11.3 Å². The molecule has 1 N–H and O–H groups in total.